The Bertz CT molecular complexity index is 646. The molecule has 0 saturated heterocycles. The number of hydrogen-bond donors (Lipinski definition) is 1. The normalized spacial score (nSPS) is 10.3. The molecule has 0 fully saturated rings. The molecular weight excluding hydrogens is 314 g/mol. The SMILES string of the molecule is COCCCNC(=O)c1cccc(OCc2ccccc2Cl)c1. The maximum absolute atomic E-state index is 12.1. The van der Waals surface area contributed by atoms with Gasteiger partial charge in [0.05, 0.1) is 0 Å². The zero-order valence-electron chi connectivity index (χ0n) is 13.0. The minimum Gasteiger partial charge on any atom is -0.489 e. The summed E-state index contributed by atoms with van der Waals surface area (Å²) in [5, 5.41) is 3.51. The fraction of sp³-hybridized carbons (Fsp3) is 0.278. The van der Waals surface area contributed by atoms with E-state index in [9.17, 15) is 4.79 Å². The summed E-state index contributed by atoms with van der Waals surface area (Å²) in [7, 11) is 1.64. The molecule has 1 amide bonds. The number of benzene rings is 2. The van der Waals surface area contributed by atoms with Gasteiger partial charge in [-0.25, -0.2) is 0 Å². The Morgan fingerprint density at radius 2 is 2.00 bits per heavy atom. The van der Waals surface area contributed by atoms with Crippen LogP contribution in [-0.4, -0.2) is 26.2 Å². The zero-order chi connectivity index (χ0) is 16.5. The van der Waals surface area contributed by atoms with E-state index in [1.54, 1.807) is 25.3 Å². The second-order valence-electron chi connectivity index (χ2n) is 5.01. The molecule has 0 saturated carbocycles. The van der Waals surface area contributed by atoms with Crippen molar-refractivity contribution < 1.29 is 14.3 Å². The summed E-state index contributed by atoms with van der Waals surface area (Å²) < 4.78 is 10.7. The van der Waals surface area contributed by atoms with Crippen LogP contribution in [-0.2, 0) is 11.3 Å². The molecule has 0 heterocycles. The third-order valence-electron chi connectivity index (χ3n) is 3.26. The first-order valence-electron chi connectivity index (χ1n) is 7.44. The Morgan fingerprint density at radius 1 is 1.17 bits per heavy atom. The molecular formula is C18H20ClNO3. The fourth-order valence-electron chi connectivity index (χ4n) is 2.02. The fourth-order valence-corrected chi connectivity index (χ4v) is 2.21. The van der Waals surface area contributed by atoms with Gasteiger partial charge in [0.1, 0.15) is 12.4 Å². The van der Waals surface area contributed by atoms with E-state index in [0.717, 1.165) is 12.0 Å². The summed E-state index contributed by atoms with van der Waals surface area (Å²) in [5.41, 5.74) is 1.47. The average molecular weight is 334 g/mol. The molecule has 0 spiro atoms. The highest BCUT2D eigenvalue weighted by atomic mass is 35.5. The Labute approximate surface area is 141 Å². The molecule has 1 N–H and O–H groups in total. The summed E-state index contributed by atoms with van der Waals surface area (Å²) in [6.45, 7) is 1.57. The molecule has 0 aliphatic heterocycles. The lowest BCUT2D eigenvalue weighted by Crippen LogP contribution is -2.25. The first kappa shape index (κ1) is 17.3. The van der Waals surface area contributed by atoms with E-state index >= 15 is 0 Å². The van der Waals surface area contributed by atoms with Gasteiger partial charge in [0.2, 0.25) is 0 Å². The van der Waals surface area contributed by atoms with Crippen molar-refractivity contribution in [2.75, 3.05) is 20.3 Å². The Kier molecular flexibility index (Phi) is 6.91. The van der Waals surface area contributed by atoms with E-state index < -0.39 is 0 Å². The molecule has 0 bridgehead atoms. The Morgan fingerprint density at radius 3 is 2.78 bits per heavy atom. The molecule has 0 aliphatic rings. The quantitative estimate of drug-likeness (QED) is 0.749. The minimum absolute atomic E-state index is 0.121. The van der Waals surface area contributed by atoms with Gasteiger partial charge < -0.3 is 14.8 Å². The van der Waals surface area contributed by atoms with E-state index in [0.29, 0.717) is 36.1 Å². The summed E-state index contributed by atoms with van der Waals surface area (Å²) in [6, 6.07) is 14.6. The van der Waals surface area contributed by atoms with Crippen LogP contribution in [0.15, 0.2) is 48.5 Å². The Balaban J connectivity index is 1.91. The molecule has 0 aromatic heterocycles. The molecule has 5 heteroatoms. The van der Waals surface area contributed by atoms with Crippen LogP contribution in [0.1, 0.15) is 22.3 Å². The number of amides is 1. The van der Waals surface area contributed by atoms with Gasteiger partial charge in [-0.05, 0) is 30.7 Å². The van der Waals surface area contributed by atoms with Crippen molar-refractivity contribution in [3.63, 3.8) is 0 Å². The smallest absolute Gasteiger partial charge is 0.251 e. The number of carbonyl (C=O) groups excluding carboxylic acids is 1. The second-order valence-corrected chi connectivity index (χ2v) is 5.42. The molecule has 2 rings (SSSR count). The van der Waals surface area contributed by atoms with Gasteiger partial charge in [-0.2, -0.15) is 0 Å². The molecule has 23 heavy (non-hydrogen) atoms. The predicted molar refractivity (Wildman–Crippen MR) is 91.1 cm³/mol. The standard InChI is InChI=1S/C18H20ClNO3/c1-22-11-5-10-20-18(21)14-7-4-8-16(12-14)23-13-15-6-2-3-9-17(15)19/h2-4,6-9,12H,5,10-11,13H2,1H3,(H,20,21). The largest absolute Gasteiger partial charge is 0.489 e. The molecule has 122 valence electrons. The lowest BCUT2D eigenvalue weighted by Gasteiger charge is -2.09. The van der Waals surface area contributed by atoms with Gasteiger partial charge >= 0.3 is 0 Å². The molecule has 0 atom stereocenters. The van der Waals surface area contributed by atoms with Gasteiger partial charge in [-0.1, -0.05) is 35.9 Å². The predicted octanol–water partition coefficient (Wildman–Crippen LogP) is 3.69. The number of methoxy groups -OCH3 is 1. The highest BCUT2D eigenvalue weighted by Crippen LogP contribution is 2.19. The van der Waals surface area contributed by atoms with E-state index in [4.69, 9.17) is 21.1 Å². The van der Waals surface area contributed by atoms with Crippen molar-refractivity contribution >= 4 is 17.5 Å². The van der Waals surface area contributed by atoms with Crippen LogP contribution in [0.5, 0.6) is 5.75 Å². The minimum atomic E-state index is -0.121. The number of ether oxygens (including phenoxy) is 2. The van der Waals surface area contributed by atoms with Crippen LogP contribution in [0.3, 0.4) is 0 Å². The van der Waals surface area contributed by atoms with E-state index in [1.807, 2.05) is 30.3 Å². The number of carbonyl (C=O) groups is 1. The lowest BCUT2D eigenvalue weighted by atomic mass is 10.2. The van der Waals surface area contributed by atoms with Crippen molar-refractivity contribution in [2.45, 2.75) is 13.0 Å². The second kappa shape index (κ2) is 9.18. The molecule has 2 aromatic rings. The van der Waals surface area contributed by atoms with E-state index in [-0.39, 0.29) is 5.91 Å². The third-order valence-corrected chi connectivity index (χ3v) is 3.63. The van der Waals surface area contributed by atoms with Gasteiger partial charge in [-0.3, -0.25) is 4.79 Å². The molecule has 0 unspecified atom stereocenters. The summed E-state index contributed by atoms with van der Waals surface area (Å²) in [5.74, 6) is 0.513. The van der Waals surface area contributed by atoms with Crippen molar-refractivity contribution in [3.8, 4) is 5.75 Å². The number of halogens is 1. The number of nitrogens with one attached hydrogen (secondary N) is 1. The molecule has 4 nitrogen and oxygen atoms in total. The highest BCUT2D eigenvalue weighted by Gasteiger charge is 2.07. The zero-order valence-corrected chi connectivity index (χ0v) is 13.8. The van der Waals surface area contributed by atoms with Crippen molar-refractivity contribution in [3.05, 3.63) is 64.7 Å². The molecule has 2 aromatic carbocycles. The third kappa shape index (κ3) is 5.58. The average Bonchev–Trinajstić information content (AvgIpc) is 2.58. The highest BCUT2D eigenvalue weighted by molar-refractivity contribution is 6.31. The lowest BCUT2D eigenvalue weighted by molar-refractivity contribution is 0.0948. The van der Waals surface area contributed by atoms with Crippen LogP contribution in [0.2, 0.25) is 5.02 Å². The van der Waals surface area contributed by atoms with E-state index in [1.165, 1.54) is 0 Å². The maximum Gasteiger partial charge on any atom is 0.251 e. The topological polar surface area (TPSA) is 47.6 Å². The van der Waals surface area contributed by atoms with Gasteiger partial charge in [0.15, 0.2) is 0 Å². The summed E-state index contributed by atoms with van der Waals surface area (Å²) in [6.07, 6.45) is 0.783. The molecule has 0 aliphatic carbocycles. The molecule has 0 radical (unpaired) electrons. The van der Waals surface area contributed by atoms with Crippen molar-refractivity contribution in [1.82, 2.24) is 5.32 Å². The Hall–Kier alpha value is -2.04. The maximum atomic E-state index is 12.1. The summed E-state index contributed by atoms with van der Waals surface area (Å²) >= 11 is 6.10. The van der Waals surface area contributed by atoms with Crippen molar-refractivity contribution in [1.29, 1.82) is 0 Å². The monoisotopic (exact) mass is 333 g/mol. The van der Waals surface area contributed by atoms with Crippen LogP contribution < -0.4 is 10.1 Å². The van der Waals surface area contributed by atoms with Gasteiger partial charge in [-0.15, -0.1) is 0 Å². The first-order valence-corrected chi connectivity index (χ1v) is 7.82. The van der Waals surface area contributed by atoms with Crippen LogP contribution in [0.25, 0.3) is 0 Å². The number of hydrogen-bond acceptors (Lipinski definition) is 3. The van der Waals surface area contributed by atoms with Gasteiger partial charge in [0.25, 0.3) is 5.91 Å². The van der Waals surface area contributed by atoms with Crippen LogP contribution in [0.4, 0.5) is 0 Å². The van der Waals surface area contributed by atoms with Crippen molar-refractivity contribution in [2.24, 2.45) is 0 Å². The van der Waals surface area contributed by atoms with Gasteiger partial charge in [0, 0.05) is 36.4 Å². The van der Waals surface area contributed by atoms with E-state index in [2.05, 4.69) is 5.32 Å². The first-order chi connectivity index (χ1) is 11.2. The van der Waals surface area contributed by atoms with Crippen LogP contribution in [0, 0.1) is 0 Å². The number of rotatable bonds is 8. The van der Waals surface area contributed by atoms with Crippen LogP contribution >= 0.6 is 11.6 Å². The summed E-state index contributed by atoms with van der Waals surface area (Å²) in [4.78, 5) is 12.1.